The van der Waals surface area contributed by atoms with Crippen molar-refractivity contribution in [1.82, 2.24) is 20.4 Å². The molecule has 0 spiro atoms. The number of hydrogen-bond acceptors (Lipinski definition) is 7. The smallest absolute Gasteiger partial charge is 0.251 e. The quantitative estimate of drug-likeness (QED) is 0.438. The van der Waals surface area contributed by atoms with Crippen LogP contribution < -0.4 is 5.32 Å². The third-order valence-electron chi connectivity index (χ3n) is 5.06. The summed E-state index contributed by atoms with van der Waals surface area (Å²) in [6, 6.07) is 15.4. The average Bonchev–Trinajstić information content (AvgIpc) is 3.22. The van der Waals surface area contributed by atoms with Crippen LogP contribution in [0.25, 0.3) is 11.6 Å². The van der Waals surface area contributed by atoms with Crippen LogP contribution in [-0.2, 0) is 19.6 Å². The van der Waals surface area contributed by atoms with Crippen molar-refractivity contribution >= 4 is 5.91 Å². The molecule has 0 aliphatic heterocycles. The van der Waals surface area contributed by atoms with Gasteiger partial charge in [0.2, 0.25) is 11.7 Å². The van der Waals surface area contributed by atoms with Gasteiger partial charge in [-0.05, 0) is 54.8 Å². The van der Waals surface area contributed by atoms with Gasteiger partial charge in [0.05, 0.1) is 25.6 Å². The SMILES string of the molecule is O=C(NC1CC1)c1ccc(CN(Cc2ccco2)Cc2nc(-c3ccco3)no2)cc1. The van der Waals surface area contributed by atoms with Gasteiger partial charge in [0.1, 0.15) is 5.76 Å². The van der Waals surface area contributed by atoms with Gasteiger partial charge in [0, 0.05) is 18.2 Å². The van der Waals surface area contributed by atoms with E-state index >= 15 is 0 Å². The maximum absolute atomic E-state index is 12.2. The first kappa shape index (κ1) is 19.3. The molecule has 1 aliphatic carbocycles. The largest absolute Gasteiger partial charge is 0.468 e. The third-order valence-corrected chi connectivity index (χ3v) is 5.06. The molecule has 1 aliphatic rings. The number of rotatable bonds is 9. The predicted molar refractivity (Wildman–Crippen MR) is 111 cm³/mol. The van der Waals surface area contributed by atoms with Gasteiger partial charge < -0.3 is 18.7 Å². The topological polar surface area (TPSA) is 97.5 Å². The van der Waals surface area contributed by atoms with Crippen molar-refractivity contribution in [2.24, 2.45) is 0 Å². The molecule has 1 N–H and O–H groups in total. The number of nitrogens with zero attached hydrogens (tertiary/aromatic N) is 3. The molecule has 1 fully saturated rings. The molecule has 3 heterocycles. The number of nitrogens with one attached hydrogen (secondary N) is 1. The van der Waals surface area contributed by atoms with E-state index in [9.17, 15) is 4.79 Å². The minimum Gasteiger partial charge on any atom is -0.468 e. The van der Waals surface area contributed by atoms with Gasteiger partial charge in [-0.25, -0.2) is 0 Å². The molecule has 8 heteroatoms. The molecule has 0 unspecified atom stereocenters. The maximum Gasteiger partial charge on any atom is 0.251 e. The summed E-state index contributed by atoms with van der Waals surface area (Å²) in [5.74, 6) is 2.29. The fourth-order valence-corrected chi connectivity index (χ4v) is 3.32. The van der Waals surface area contributed by atoms with E-state index in [1.807, 2.05) is 36.4 Å². The lowest BCUT2D eigenvalue weighted by atomic mass is 10.1. The van der Waals surface area contributed by atoms with E-state index in [0.29, 0.717) is 48.7 Å². The van der Waals surface area contributed by atoms with Gasteiger partial charge in [-0.15, -0.1) is 0 Å². The highest BCUT2D eigenvalue weighted by Gasteiger charge is 2.23. The molecule has 0 bridgehead atoms. The molecule has 0 radical (unpaired) electrons. The lowest BCUT2D eigenvalue weighted by molar-refractivity contribution is 0.0951. The molecular weight excluding hydrogens is 396 g/mol. The van der Waals surface area contributed by atoms with Crippen LogP contribution in [-0.4, -0.2) is 27.0 Å². The highest BCUT2D eigenvalue weighted by atomic mass is 16.5. The zero-order chi connectivity index (χ0) is 21.0. The minimum absolute atomic E-state index is 0.0159. The number of aromatic nitrogens is 2. The number of carbonyl (C=O) groups is 1. The first-order valence-electron chi connectivity index (χ1n) is 10.2. The Labute approximate surface area is 178 Å². The van der Waals surface area contributed by atoms with Crippen molar-refractivity contribution in [2.75, 3.05) is 0 Å². The molecule has 0 saturated heterocycles. The van der Waals surface area contributed by atoms with Gasteiger partial charge in [0.25, 0.3) is 5.91 Å². The second-order valence-corrected chi connectivity index (χ2v) is 7.66. The summed E-state index contributed by atoms with van der Waals surface area (Å²) in [6.45, 7) is 1.65. The summed E-state index contributed by atoms with van der Waals surface area (Å²) in [4.78, 5) is 18.8. The zero-order valence-corrected chi connectivity index (χ0v) is 16.9. The van der Waals surface area contributed by atoms with E-state index in [1.54, 1.807) is 24.7 Å². The molecule has 1 amide bonds. The van der Waals surface area contributed by atoms with E-state index < -0.39 is 0 Å². The standard InChI is InChI=1S/C23H22N4O4/c28-23(24-18-9-10-18)17-7-5-16(6-8-17)13-27(14-19-3-1-11-29-19)15-21-25-22(26-31-21)20-4-2-12-30-20/h1-8,11-12,18H,9-10,13-15H2,(H,24,28). The molecule has 31 heavy (non-hydrogen) atoms. The Bertz CT molecular complexity index is 1110. The van der Waals surface area contributed by atoms with E-state index in [0.717, 1.165) is 24.2 Å². The Morgan fingerprint density at radius 2 is 1.81 bits per heavy atom. The van der Waals surface area contributed by atoms with Crippen LogP contribution >= 0.6 is 0 Å². The first-order valence-corrected chi connectivity index (χ1v) is 10.2. The van der Waals surface area contributed by atoms with Crippen LogP contribution in [0, 0.1) is 0 Å². The summed E-state index contributed by atoms with van der Waals surface area (Å²) in [6.07, 6.45) is 5.37. The van der Waals surface area contributed by atoms with E-state index in [1.165, 1.54) is 0 Å². The molecule has 5 rings (SSSR count). The van der Waals surface area contributed by atoms with Crippen LogP contribution in [0.3, 0.4) is 0 Å². The van der Waals surface area contributed by atoms with E-state index in [2.05, 4.69) is 20.4 Å². The molecule has 1 aromatic carbocycles. The molecule has 158 valence electrons. The molecule has 3 aromatic heterocycles. The highest BCUT2D eigenvalue weighted by Crippen LogP contribution is 2.20. The monoisotopic (exact) mass is 418 g/mol. The van der Waals surface area contributed by atoms with Crippen molar-refractivity contribution in [1.29, 1.82) is 0 Å². The Morgan fingerprint density at radius 1 is 1.00 bits per heavy atom. The summed E-state index contributed by atoms with van der Waals surface area (Å²) < 4.78 is 16.3. The molecule has 8 nitrogen and oxygen atoms in total. The minimum atomic E-state index is -0.0159. The number of benzene rings is 1. The zero-order valence-electron chi connectivity index (χ0n) is 16.9. The molecule has 1 saturated carbocycles. The molecule has 4 aromatic rings. The summed E-state index contributed by atoms with van der Waals surface area (Å²) >= 11 is 0. The Kier molecular flexibility index (Phi) is 5.37. The van der Waals surface area contributed by atoms with Crippen LogP contribution in [0.5, 0.6) is 0 Å². The first-order chi connectivity index (χ1) is 15.2. The van der Waals surface area contributed by atoms with Gasteiger partial charge in [-0.2, -0.15) is 4.98 Å². The second-order valence-electron chi connectivity index (χ2n) is 7.66. The van der Waals surface area contributed by atoms with Crippen molar-refractivity contribution in [3.8, 4) is 11.6 Å². The number of hydrogen-bond donors (Lipinski definition) is 1. The van der Waals surface area contributed by atoms with Gasteiger partial charge in [-0.1, -0.05) is 17.3 Å². The lowest BCUT2D eigenvalue weighted by Crippen LogP contribution is -2.25. The second kappa shape index (κ2) is 8.61. The van der Waals surface area contributed by atoms with Crippen LogP contribution in [0.4, 0.5) is 0 Å². The fraction of sp³-hybridized carbons (Fsp3) is 0.261. The van der Waals surface area contributed by atoms with E-state index in [4.69, 9.17) is 13.4 Å². The predicted octanol–water partition coefficient (Wildman–Crippen LogP) is 4.02. The van der Waals surface area contributed by atoms with Gasteiger partial charge in [0.15, 0.2) is 5.76 Å². The lowest BCUT2D eigenvalue weighted by Gasteiger charge is -2.19. The summed E-state index contributed by atoms with van der Waals surface area (Å²) in [5.41, 5.74) is 1.74. The average molecular weight is 418 g/mol. The van der Waals surface area contributed by atoms with Crippen molar-refractivity contribution in [3.05, 3.63) is 83.8 Å². The van der Waals surface area contributed by atoms with Crippen molar-refractivity contribution < 1.29 is 18.2 Å². The van der Waals surface area contributed by atoms with Crippen LogP contribution in [0.2, 0.25) is 0 Å². The molecular formula is C23H22N4O4. The Balaban J connectivity index is 1.28. The normalized spacial score (nSPS) is 13.6. The van der Waals surface area contributed by atoms with Gasteiger partial charge >= 0.3 is 0 Å². The van der Waals surface area contributed by atoms with Crippen LogP contribution in [0.1, 0.15) is 40.4 Å². The number of furan rings is 2. The fourth-order valence-electron chi connectivity index (χ4n) is 3.32. The van der Waals surface area contributed by atoms with Gasteiger partial charge in [-0.3, -0.25) is 9.69 Å². The highest BCUT2D eigenvalue weighted by molar-refractivity contribution is 5.94. The van der Waals surface area contributed by atoms with Crippen molar-refractivity contribution in [3.63, 3.8) is 0 Å². The third kappa shape index (κ3) is 4.92. The van der Waals surface area contributed by atoms with Crippen molar-refractivity contribution in [2.45, 2.75) is 38.5 Å². The number of amides is 1. The van der Waals surface area contributed by atoms with E-state index in [-0.39, 0.29) is 5.91 Å². The summed E-state index contributed by atoms with van der Waals surface area (Å²) in [7, 11) is 0. The van der Waals surface area contributed by atoms with Crippen LogP contribution in [0.15, 0.2) is 74.4 Å². The molecule has 0 atom stereocenters. The Hall–Kier alpha value is -3.65. The Morgan fingerprint density at radius 3 is 2.52 bits per heavy atom. The maximum atomic E-state index is 12.2. The number of carbonyl (C=O) groups excluding carboxylic acids is 1. The summed E-state index contributed by atoms with van der Waals surface area (Å²) in [5, 5.41) is 7.01.